The molecule has 154 valence electrons. The number of benzene rings is 2. The van der Waals surface area contributed by atoms with E-state index in [2.05, 4.69) is 0 Å². The van der Waals surface area contributed by atoms with E-state index in [-0.39, 0.29) is 23.1 Å². The van der Waals surface area contributed by atoms with Crippen LogP contribution in [-0.4, -0.2) is 23.7 Å². The predicted molar refractivity (Wildman–Crippen MR) is 119 cm³/mol. The van der Waals surface area contributed by atoms with Gasteiger partial charge in [-0.3, -0.25) is 9.69 Å². The summed E-state index contributed by atoms with van der Waals surface area (Å²) in [5.41, 5.74) is 2.12. The van der Waals surface area contributed by atoms with Crippen LogP contribution >= 0.6 is 35.0 Å². The van der Waals surface area contributed by atoms with Gasteiger partial charge in [0.2, 0.25) is 5.91 Å². The fourth-order valence-corrected chi connectivity index (χ4v) is 4.68. The van der Waals surface area contributed by atoms with Gasteiger partial charge in [-0.1, -0.05) is 52.7 Å². The summed E-state index contributed by atoms with van der Waals surface area (Å²) < 4.78 is 5.03. The molecule has 2 aromatic rings. The fraction of sp³-hybridized carbons (Fsp3) is 0.227. The molecule has 1 saturated heterocycles. The highest BCUT2D eigenvalue weighted by molar-refractivity contribution is 8.05. The number of halogens is 2. The Labute approximate surface area is 189 Å². The van der Waals surface area contributed by atoms with Gasteiger partial charge in [-0.05, 0) is 56.2 Å². The number of amides is 1. The Morgan fingerprint density at radius 1 is 1.23 bits per heavy atom. The molecule has 0 unspecified atom stereocenters. The van der Waals surface area contributed by atoms with E-state index in [0.29, 0.717) is 22.2 Å². The van der Waals surface area contributed by atoms with Crippen molar-refractivity contribution in [3.63, 3.8) is 0 Å². The third kappa shape index (κ3) is 4.65. The van der Waals surface area contributed by atoms with Crippen molar-refractivity contribution in [1.29, 1.82) is 5.26 Å². The minimum absolute atomic E-state index is 0.127. The lowest BCUT2D eigenvalue weighted by molar-refractivity contribution is -0.138. The molecule has 0 aromatic heterocycles. The zero-order valence-electron chi connectivity index (χ0n) is 16.3. The van der Waals surface area contributed by atoms with Gasteiger partial charge < -0.3 is 4.74 Å². The fourth-order valence-electron chi connectivity index (χ4n) is 3.00. The average Bonchev–Trinajstić information content (AvgIpc) is 3.02. The van der Waals surface area contributed by atoms with Gasteiger partial charge in [0.1, 0.15) is 11.1 Å². The molecule has 0 bridgehead atoms. The van der Waals surface area contributed by atoms with Crippen molar-refractivity contribution in [3.8, 4) is 6.07 Å². The molecule has 3 rings (SSSR count). The first-order valence-electron chi connectivity index (χ1n) is 9.18. The Bertz CT molecular complexity index is 1060. The Balaban J connectivity index is 2.06. The van der Waals surface area contributed by atoms with E-state index in [0.717, 1.165) is 22.9 Å². The van der Waals surface area contributed by atoms with Crippen molar-refractivity contribution >= 4 is 52.5 Å². The van der Waals surface area contributed by atoms with Crippen molar-refractivity contribution in [1.82, 2.24) is 0 Å². The smallest absolute Gasteiger partial charge is 0.351 e. The summed E-state index contributed by atoms with van der Waals surface area (Å²) in [5, 5.41) is 10.3. The molecule has 0 N–H and O–H groups in total. The van der Waals surface area contributed by atoms with Gasteiger partial charge in [0.05, 0.1) is 11.9 Å². The standard InChI is InChI=1S/C22H18Cl2N2O3S/c1-3-29-22(28)17(12-25)21-26(16-7-4-13(2)5-8-16)20(27)19(30-21)11-14-10-15(23)6-9-18(14)24/h4-10,19H,3,11H2,1-2H3/b21-17-/t19-/m1/s1. The number of esters is 1. The SMILES string of the molecule is CCOC(=O)/C(C#N)=C1\S[C@H](Cc2cc(Cl)ccc2Cl)C(=O)N1c1ccc(C)cc1. The van der Waals surface area contributed by atoms with Crippen molar-refractivity contribution in [2.75, 3.05) is 11.5 Å². The highest BCUT2D eigenvalue weighted by atomic mass is 35.5. The number of anilines is 1. The Morgan fingerprint density at radius 3 is 2.57 bits per heavy atom. The first kappa shape index (κ1) is 22.2. The van der Waals surface area contributed by atoms with Crippen LogP contribution in [0.2, 0.25) is 10.0 Å². The van der Waals surface area contributed by atoms with Crippen LogP contribution in [0.25, 0.3) is 0 Å². The Hall–Kier alpha value is -2.46. The molecule has 0 radical (unpaired) electrons. The molecule has 0 saturated carbocycles. The van der Waals surface area contributed by atoms with Crippen LogP contribution in [0.1, 0.15) is 18.1 Å². The quantitative estimate of drug-likeness (QED) is 0.344. The molecule has 1 aliphatic heterocycles. The second-order valence-corrected chi connectivity index (χ2v) is 8.60. The van der Waals surface area contributed by atoms with E-state index < -0.39 is 11.2 Å². The lowest BCUT2D eigenvalue weighted by atomic mass is 10.1. The molecule has 1 atom stereocenters. The molecule has 5 nitrogen and oxygen atoms in total. The van der Waals surface area contributed by atoms with Crippen LogP contribution in [0.15, 0.2) is 53.1 Å². The molecule has 0 spiro atoms. The van der Waals surface area contributed by atoms with Crippen LogP contribution in [0.5, 0.6) is 0 Å². The van der Waals surface area contributed by atoms with Crippen molar-refractivity contribution < 1.29 is 14.3 Å². The third-order valence-electron chi connectivity index (χ3n) is 4.46. The lowest BCUT2D eigenvalue weighted by Gasteiger charge is -2.18. The number of rotatable bonds is 5. The molecule has 1 aliphatic rings. The number of nitriles is 1. The molecule has 1 amide bonds. The number of hydrogen-bond donors (Lipinski definition) is 0. The summed E-state index contributed by atoms with van der Waals surface area (Å²) in [4.78, 5) is 27.1. The Kier molecular flexibility index (Phi) is 7.09. The molecular formula is C22H18Cl2N2O3S. The third-order valence-corrected chi connectivity index (χ3v) is 6.33. The maximum atomic E-state index is 13.3. The summed E-state index contributed by atoms with van der Waals surface area (Å²) >= 11 is 13.5. The van der Waals surface area contributed by atoms with Crippen molar-refractivity contribution in [2.24, 2.45) is 0 Å². The van der Waals surface area contributed by atoms with Gasteiger partial charge in [-0.2, -0.15) is 5.26 Å². The molecular weight excluding hydrogens is 443 g/mol. The monoisotopic (exact) mass is 460 g/mol. The van der Waals surface area contributed by atoms with Crippen molar-refractivity contribution in [2.45, 2.75) is 25.5 Å². The van der Waals surface area contributed by atoms with Gasteiger partial charge in [-0.15, -0.1) is 0 Å². The van der Waals surface area contributed by atoms with E-state index in [1.165, 1.54) is 4.90 Å². The predicted octanol–water partition coefficient (Wildman–Crippen LogP) is 5.29. The van der Waals surface area contributed by atoms with Gasteiger partial charge in [0.25, 0.3) is 0 Å². The number of nitrogens with zero attached hydrogens (tertiary/aromatic N) is 2. The topological polar surface area (TPSA) is 70.4 Å². The van der Waals surface area contributed by atoms with Crippen LogP contribution in [0, 0.1) is 18.3 Å². The highest BCUT2D eigenvalue weighted by Crippen LogP contribution is 2.42. The number of ether oxygens (including phenoxy) is 1. The maximum absolute atomic E-state index is 13.3. The van der Waals surface area contributed by atoms with E-state index >= 15 is 0 Å². The Morgan fingerprint density at radius 2 is 1.93 bits per heavy atom. The van der Waals surface area contributed by atoms with Gasteiger partial charge in [-0.25, -0.2) is 4.79 Å². The summed E-state index contributed by atoms with van der Waals surface area (Å²) in [7, 11) is 0. The largest absolute Gasteiger partial charge is 0.462 e. The van der Waals surface area contributed by atoms with E-state index in [9.17, 15) is 14.9 Å². The van der Waals surface area contributed by atoms with Crippen LogP contribution < -0.4 is 4.90 Å². The molecule has 2 aromatic carbocycles. The number of thioether (sulfide) groups is 1. The van der Waals surface area contributed by atoms with Crippen LogP contribution in [0.4, 0.5) is 5.69 Å². The van der Waals surface area contributed by atoms with Gasteiger partial charge in [0.15, 0.2) is 5.57 Å². The van der Waals surface area contributed by atoms with E-state index in [4.69, 9.17) is 27.9 Å². The van der Waals surface area contributed by atoms with Gasteiger partial charge in [0, 0.05) is 15.7 Å². The van der Waals surface area contributed by atoms with Gasteiger partial charge >= 0.3 is 5.97 Å². The minimum Gasteiger partial charge on any atom is -0.462 e. The summed E-state index contributed by atoms with van der Waals surface area (Å²) in [5.74, 6) is -0.999. The normalized spacial score (nSPS) is 17.6. The molecule has 8 heteroatoms. The van der Waals surface area contributed by atoms with E-state index in [1.807, 2.05) is 25.1 Å². The first-order valence-corrected chi connectivity index (χ1v) is 10.8. The lowest BCUT2D eigenvalue weighted by Crippen LogP contribution is -2.30. The maximum Gasteiger partial charge on any atom is 0.351 e. The highest BCUT2D eigenvalue weighted by Gasteiger charge is 2.41. The summed E-state index contributed by atoms with van der Waals surface area (Å²) in [6.45, 7) is 3.72. The number of aryl methyl sites for hydroxylation is 1. The second kappa shape index (κ2) is 9.57. The van der Waals surface area contributed by atoms with Crippen LogP contribution in [0.3, 0.4) is 0 Å². The molecule has 30 heavy (non-hydrogen) atoms. The molecule has 1 fully saturated rings. The second-order valence-electron chi connectivity index (χ2n) is 6.57. The van der Waals surface area contributed by atoms with E-state index in [1.54, 1.807) is 37.3 Å². The number of hydrogen-bond acceptors (Lipinski definition) is 5. The summed E-state index contributed by atoms with van der Waals surface area (Å²) in [6, 6.07) is 14.3. The molecule has 1 heterocycles. The number of carbonyl (C=O) groups excluding carboxylic acids is 2. The first-order chi connectivity index (χ1) is 14.3. The molecule has 0 aliphatic carbocycles. The van der Waals surface area contributed by atoms with Crippen molar-refractivity contribution in [3.05, 3.63) is 74.2 Å². The number of carbonyl (C=O) groups is 2. The van der Waals surface area contributed by atoms with Crippen LogP contribution in [-0.2, 0) is 20.7 Å². The minimum atomic E-state index is -0.756. The zero-order chi connectivity index (χ0) is 21.8. The zero-order valence-corrected chi connectivity index (χ0v) is 18.6. The average molecular weight is 461 g/mol. The summed E-state index contributed by atoms with van der Waals surface area (Å²) in [6.07, 6.45) is 0.302.